The first-order valence-corrected chi connectivity index (χ1v) is 5.89. The van der Waals surface area contributed by atoms with Crippen LogP contribution < -0.4 is 4.74 Å². The van der Waals surface area contributed by atoms with Crippen LogP contribution in [0.1, 0.15) is 25.0 Å². The minimum absolute atomic E-state index is 0.178. The van der Waals surface area contributed by atoms with Crippen LogP contribution in [0.2, 0.25) is 0 Å². The molecule has 0 aliphatic carbocycles. The molecule has 0 aromatic heterocycles. The van der Waals surface area contributed by atoms with Crippen LogP contribution in [0.25, 0.3) is 0 Å². The van der Waals surface area contributed by atoms with E-state index in [0.717, 1.165) is 21.3 Å². The molecule has 14 heavy (non-hydrogen) atoms. The van der Waals surface area contributed by atoms with Crippen LogP contribution in [0.4, 0.5) is 0 Å². The fourth-order valence-corrected chi connectivity index (χ4v) is 2.12. The van der Waals surface area contributed by atoms with Crippen molar-refractivity contribution in [1.29, 1.82) is 0 Å². The number of hydrogen-bond acceptors (Lipinski definition) is 1. The lowest BCUT2D eigenvalue weighted by molar-refractivity contribution is 0.239. The third kappa shape index (κ3) is 2.89. The highest BCUT2D eigenvalue weighted by Gasteiger charge is 2.09. The summed E-state index contributed by atoms with van der Waals surface area (Å²) in [5, 5.41) is 0. The Balaban J connectivity index is 3.11. The van der Waals surface area contributed by atoms with Gasteiger partial charge in [-0.05, 0) is 38.5 Å². The molecule has 0 spiro atoms. The van der Waals surface area contributed by atoms with Crippen LogP contribution in [0.15, 0.2) is 16.6 Å². The Morgan fingerprint density at radius 1 is 1.43 bits per heavy atom. The van der Waals surface area contributed by atoms with Gasteiger partial charge in [-0.15, -0.1) is 11.6 Å². The van der Waals surface area contributed by atoms with E-state index in [-0.39, 0.29) is 6.10 Å². The molecule has 1 aromatic rings. The van der Waals surface area contributed by atoms with Gasteiger partial charge in [0, 0.05) is 10.0 Å². The molecule has 0 amide bonds. The first kappa shape index (κ1) is 11.9. The molecular weight excluding hydrogens is 263 g/mol. The van der Waals surface area contributed by atoms with Gasteiger partial charge in [0.25, 0.3) is 0 Å². The van der Waals surface area contributed by atoms with Crippen molar-refractivity contribution < 1.29 is 4.74 Å². The molecule has 0 aliphatic rings. The maximum Gasteiger partial charge on any atom is 0.127 e. The van der Waals surface area contributed by atoms with Crippen LogP contribution in [0.3, 0.4) is 0 Å². The summed E-state index contributed by atoms with van der Waals surface area (Å²) in [5.41, 5.74) is 2.15. The zero-order valence-corrected chi connectivity index (χ0v) is 10.9. The van der Waals surface area contributed by atoms with Gasteiger partial charge in [0.2, 0.25) is 0 Å². The summed E-state index contributed by atoms with van der Waals surface area (Å²) in [6.07, 6.45) is 0.178. The highest BCUT2D eigenvalue weighted by molar-refractivity contribution is 9.10. The molecule has 1 nitrogen and oxygen atoms in total. The fourth-order valence-electron chi connectivity index (χ4n) is 1.30. The van der Waals surface area contributed by atoms with Crippen LogP contribution >= 0.6 is 27.5 Å². The van der Waals surface area contributed by atoms with Gasteiger partial charge in [-0.2, -0.15) is 0 Å². The Morgan fingerprint density at radius 3 is 2.57 bits per heavy atom. The summed E-state index contributed by atoms with van der Waals surface area (Å²) in [6.45, 7) is 6.05. The molecule has 0 heterocycles. The highest BCUT2D eigenvalue weighted by atomic mass is 79.9. The minimum Gasteiger partial charge on any atom is -0.490 e. The average molecular weight is 278 g/mol. The van der Waals surface area contributed by atoms with Crippen molar-refractivity contribution in [2.45, 2.75) is 32.8 Å². The van der Waals surface area contributed by atoms with Crippen LogP contribution in [-0.4, -0.2) is 6.10 Å². The highest BCUT2D eigenvalue weighted by Crippen LogP contribution is 2.29. The van der Waals surface area contributed by atoms with Gasteiger partial charge in [-0.25, -0.2) is 0 Å². The number of halogens is 2. The minimum atomic E-state index is 0.178. The van der Waals surface area contributed by atoms with Crippen molar-refractivity contribution >= 4 is 27.5 Å². The number of ether oxygens (including phenoxy) is 1. The molecule has 0 fully saturated rings. The zero-order chi connectivity index (χ0) is 10.7. The third-order valence-corrected chi connectivity index (χ3v) is 2.56. The normalized spacial score (nSPS) is 10.7. The van der Waals surface area contributed by atoms with E-state index in [0.29, 0.717) is 5.88 Å². The van der Waals surface area contributed by atoms with Gasteiger partial charge in [-0.1, -0.05) is 15.9 Å². The van der Waals surface area contributed by atoms with Gasteiger partial charge in [0.05, 0.1) is 12.0 Å². The molecule has 0 N–H and O–H groups in total. The second-order valence-corrected chi connectivity index (χ2v) is 4.69. The molecule has 1 rings (SSSR count). The van der Waals surface area contributed by atoms with E-state index in [1.165, 1.54) is 0 Å². The Kier molecular flexibility index (Phi) is 4.27. The predicted octanol–water partition coefficient (Wildman–Crippen LogP) is 4.28. The van der Waals surface area contributed by atoms with E-state index in [1.54, 1.807) is 0 Å². The van der Waals surface area contributed by atoms with Crippen molar-refractivity contribution in [3.63, 3.8) is 0 Å². The lowest BCUT2D eigenvalue weighted by atomic mass is 10.1. The van der Waals surface area contributed by atoms with Crippen LogP contribution in [0, 0.1) is 6.92 Å². The average Bonchev–Trinajstić information content (AvgIpc) is 2.08. The maximum absolute atomic E-state index is 5.86. The Hall–Kier alpha value is -0.210. The summed E-state index contributed by atoms with van der Waals surface area (Å²) in [5.74, 6) is 1.39. The summed E-state index contributed by atoms with van der Waals surface area (Å²) in [7, 11) is 0. The van der Waals surface area contributed by atoms with Crippen LogP contribution in [-0.2, 0) is 5.88 Å². The smallest absolute Gasteiger partial charge is 0.127 e. The lowest BCUT2D eigenvalue weighted by Crippen LogP contribution is -2.08. The summed E-state index contributed by atoms with van der Waals surface area (Å²) in [4.78, 5) is 0. The zero-order valence-electron chi connectivity index (χ0n) is 8.60. The lowest BCUT2D eigenvalue weighted by Gasteiger charge is -2.16. The molecule has 0 saturated carbocycles. The second-order valence-electron chi connectivity index (χ2n) is 3.51. The molecule has 0 unspecified atom stereocenters. The molecule has 0 radical (unpaired) electrons. The number of alkyl halides is 1. The summed E-state index contributed by atoms with van der Waals surface area (Å²) in [6, 6.07) is 4.03. The SMILES string of the molecule is Cc1cc(Br)cc(CCl)c1OC(C)C. The predicted molar refractivity (Wildman–Crippen MR) is 64.2 cm³/mol. The van der Waals surface area contributed by atoms with Crippen molar-refractivity contribution in [2.24, 2.45) is 0 Å². The van der Waals surface area contributed by atoms with E-state index < -0.39 is 0 Å². The molecule has 0 saturated heterocycles. The first-order chi connectivity index (χ1) is 6.54. The van der Waals surface area contributed by atoms with Crippen molar-refractivity contribution in [3.05, 3.63) is 27.7 Å². The third-order valence-electron chi connectivity index (χ3n) is 1.81. The van der Waals surface area contributed by atoms with Crippen molar-refractivity contribution in [2.75, 3.05) is 0 Å². The van der Waals surface area contributed by atoms with E-state index in [1.807, 2.05) is 32.9 Å². The number of rotatable bonds is 3. The van der Waals surface area contributed by atoms with E-state index in [4.69, 9.17) is 16.3 Å². The topological polar surface area (TPSA) is 9.23 Å². The number of benzene rings is 1. The van der Waals surface area contributed by atoms with Gasteiger partial charge in [0.15, 0.2) is 0 Å². The van der Waals surface area contributed by atoms with Gasteiger partial charge in [-0.3, -0.25) is 0 Å². The molecule has 0 aliphatic heterocycles. The Bertz CT molecular complexity index is 323. The van der Waals surface area contributed by atoms with E-state index >= 15 is 0 Å². The summed E-state index contributed by atoms with van der Waals surface area (Å²) < 4.78 is 6.76. The molecule has 0 bridgehead atoms. The van der Waals surface area contributed by atoms with E-state index in [2.05, 4.69) is 15.9 Å². The Labute approximate surface area is 98.5 Å². The van der Waals surface area contributed by atoms with Gasteiger partial charge >= 0.3 is 0 Å². The van der Waals surface area contributed by atoms with Gasteiger partial charge in [0.1, 0.15) is 5.75 Å². The van der Waals surface area contributed by atoms with Gasteiger partial charge < -0.3 is 4.74 Å². The molecule has 3 heteroatoms. The number of hydrogen-bond donors (Lipinski definition) is 0. The quantitative estimate of drug-likeness (QED) is 0.749. The monoisotopic (exact) mass is 276 g/mol. The van der Waals surface area contributed by atoms with Crippen LogP contribution in [0.5, 0.6) is 5.75 Å². The largest absolute Gasteiger partial charge is 0.490 e. The summed E-state index contributed by atoms with van der Waals surface area (Å²) >= 11 is 9.30. The standard InChI is InChI=1S/C11H14BrClO/c1-7(2)14-11-8(3)4-10(12)5-9(11)6-13/h4-5,7H,6H2,1-3H3. The number of aryl methyl sites for hydroxylation is 1. The molecule has 1 aromatic carbocycles. The molecule has 78 valence electrons. The van der Waals surface area contributed by atoms with E-state index in [9.17, 15) is 0 Å². The molecule has 0 atom stereocenters. The molecular formula is C11H14BrClO. The maximum atomic E-state index is 5.86. The second kappa shape index (κ2) is 5.04. The van der Waals surface area contributed by atoms with Crippen molar-refractivity contribution in [3.8, 4) is 5.75 Å². The Morgan fingerprint density at radius 2 is 2.07 bits per heavy atom. The van der Waals surface area contributed by atoms with Crippen molar-refractivity contribution in [1.82, 2.24) is 0 Å². The first-order valence-electron chi connectivity index (χ1n) is 4.56. The fraction of sp³-hybridized carbons (Fsp3) is 0.455.